The van der Waals surface area contributed by atoms with Gasteiger partial charge in [-0.05, 0) is 18.6 Å². The van der Waals surface area contributed by atoms with Crippen LogP contribution in [0.3, 0.4) is 0 Å². The maximum Gasteiger partial charge on any atom is 0.303 e. The maximum absolute atomic E-state index is 10.5. The number of hydrogen-bond acceptors (Lipinski definition) is 3. The first-order valence-electron chi connectivity index (χ1n) is 4.96. The van der Waals surface area contributed by atoms with Crippen LogP contribution in [0.2, 0.25) is 0 Å². The third kappa shape index (κ3) is 2.39. The van der Waals surface area contributed by atoms with Gasteiger partial charge in [0, 0.05) is 30.1 Å². The molecule has 88 valence electrons. The Hall–Kier alpha value is -1.42. The quantitative estimate of drug-likeness (QED) is 0.761. The van der Waals surface area contributed by atoms with E-state index >= 15 is 0 Å². The molecule has 4 nitrogen and oxygen atoms in total. The molecule has 2 rings (SSSR count). The minimum absolute atomic E-state index is 0. The second kappa shape index (κ2) is 5.07. The van der Waals surface area contributed by atoms with E-state index in [9.17, 15) is 9.90 Å². The third-order valence-electron chi connectivity index (χ3n) is 2.74. The van der Waals surface area contributed by atoms with Crippen LogP contribution in [0.25, 0.3) is 0 Å². The monoisotopic (exact) mass is 243 g/mol. The number of anilines is 1. The van der Waals surface area contributed by atoms with Crippen LogP contribution >= 0.6 is 12.4 Å². The van der Waals surface area contributed by atoms with Crippen LogP contribution in [-0.4, -0.2) is 22.7 Å². The first kappa shape index (κ1) is 12.6. The molecule has 1 heterocycles. The molecule has 1 aromatic rings. The fraction of sp³-hybridized carbons (Fsp3) is 0.364. The van der Waals surface area contributed by atoms with Crippen LogP contribution < -0.4 is 5.32 Å². The number of benzene rings is 1. The van der Waals surface area contributed by atoms with Gasteiger partial charge in [0.05, 0.1) is 0 Å². The van der Waals surface area contributed by atoms with E-state index in [4.69, 9.17) is 5.11 Å². The molecule has 0 amide bonds. The number of phenols is 1. The summed E-state index contributed by atoms with van der Waals surface area (Å²) in [6.45, 7) is 0.709. The zero-order chi connectivity index (χ0) is 10.8. The van der Waals surface area contributed by atoms with Crippen LogP contribution in [0.4, 0.5) is 5.69 Å². The molecule has 0 saturated carbocycles. The van der Waals surface area contributed by atoms with Crippen molar-refractivity contribution in [2.45, 2.75) is 18.8 Å². The number of aliphatic carboxylic acids is 1. The van der Waals surface area contributed by atoms with E-state index in [-0.39, 0.29) is 30.5 Å². The molecule has 0 aromatic heterocycles. The lowest BCUT2D eigenvalue weighted by Gasteiger charge is -2.09. The maximum atomic E-state index is 10.5. The van der Waals surface area contributed by atoms with Crippen molar-refractivity contribution in [3.63, 3.8) is 0 Å². The number of halogens is 1. The Morgan fingerprint density at radius 3 is 2.94 bits per heavy atom. The average molecular weight is 244 g/mol. The molecule has 1 aromatic carbocycles. The Balaban J connectivity index is 0.00000128. The number of rotatable bonds is 3. The molecule has 1 atom stereocenters. The van der Waals surface area contributed by atoms with Crippen molar-refractivity contribution in [1.29, 1.82) is 0 Å². The van der Waals surface area contributed by atoms with Crippen molar-refractivity contribution >= 4 is 24.1 Å². The number of carboxylic acids is 1. The topological polar surface area (TPSA) is 69.6 Å². The van der Waals surface area contributed by atoms with Gasteiger partial charge in [0.15, 0.2) is 0 Å². The summed E-state index contributed by atoms with van der Waals surface area (Å²) in [5.74, 6) is -0.427. The summed E-state index contributed by atoms with van der Waals surface area (Å²) in [4.78, 5) is 10.5. The molecular formula is C11H14ClNO3. The van der Waals surface area contributed by atoms with E-state index in [1.165, 1.54) is 0 Å². The summed E-state index contributed by atoms with van der Waals surface area (Å²) in [6, 6.07) is 5.32. The van der Waals surface area contributed by atoms with Crippen molar-refractivity contribution in [1.82, 2.24) is 0 Å². The van der Waals surface area contributed by atoms with Gasteiger partial charge in [-0.2, -0.15) is 0 Å². The number of carbonyl (C=O) groups is 1. The number of hydrogen-bond donors (Lipinski definition) is 3. The van der Waals surface area contributed by atoms with Gasteiger partial charge in [-0.25, -0.2) is 0 Å². The van der Waals surface area contributed by atoms with Gasteiger partial charge in [-0.1, -0.05) is 6.07 Å². The molecule has 0 saturated heterocycles. The SMILES string of the molecule is Cl.O=C(O)CCC1CNc2cccc(O)c21. The summed E-state index contributed by atoms with van der Waals surface area (Å²) in [5, 5.41) is 21.4. The Morgan fingerprint density at radius 1 is 1.50 bits per heavy atom. The molecule has 0 aliphatic carbocycles. The summed E-state index contributed by atoms with van der Waals surface area (Å²) >= 11 is 0. The first-order valence-corrected chi connectivity index (χ1v) is 4.96. The molecule has 1 unspecified atom stereocenters. The molecule has 0 fully saturated rings. The summed E-state index contributed by atoms with van der Waals surface area (Å²) < 4.78 is 0. The van der Waals surface area contributed by atoms with Crippen molar-refractivity contribution < 1.29 is 15.0 Å². The minimum atomic E-state index is -0.793. The summed E-state index contributed by atoms with van der Waals surface area (Å²) in [7, 11) is 0. The lowest BCUT2D eigenvalue weighted by Crippen LogP contribution is -2.05. The number of aromatic hydroxyl groups is 1. The van der Waals surface area contributed by atoms with Crippen LogP contribution in [0.1, 0.15) is 24.3 Å². The molecule has 1 aliphatic rings. The van der Waals surface area contributed by atoms with Gasteiger partial charge in [0.1, 0.15) is 5.75 Å². The summed E-state index contributed by atoms with van der Waals surface area (Å²) in [5.41, 5.74) is 1.78. The van der Waals surface area contributed by atoms with Crippen LogP contribution in [0, 0.1) is 0 Å². The fourth-order valence-corrected chi connectivity index (χ4v) is 2.02. The average Bonchev–Trinajstić information content (AvgIpc) is 2.59. The minimum Gasteiger partial charge on any atom is -0.508 e. The van der Waals surface area contributed by atoms with E-state index in [0.29, 0.717) is 13.0 Å². The van der Waals surface area contributed by atoms with Gasteiger partial charge < -0.3 is 15.5 Å². The highest BCUT2D eigenvalue weighted by Crippen LogP contribution is 2.39. The van der Waals surface area contributed by atoms with Gasteiger partial charge >= 0.3 is 5.97 Å². The molecule has 1 aliphatic heterocycles. The predicted molar refractivity (Wildman–Crippen MR) is 63.5 cm³/mol. The standard InChI is InChI=1S/C11H13NO3.ClH/c13-9-3-1-2-8-11(9)7(6-12-8)4-5-10(14)15;/h1-3,7,12-13H,4-6H2,(H,14,15);1H. The van der Waals surface area contributed by atoms with Crippen molar-refractivity contribution in [2.24, 2.45) is 0 Å². The fourth-order valence-electron chi connectivity index (χ4n) is 2.02. The zero-order valence-electron chi connectivity index (χ0n) is 8.64. The Labute approximate surface area is 99.7 Å². The van der Waals surface area contributed by atoms with Crippen molar-refractivity contribution in [3.8, 4) is 5.75 Å². The molecule has 0 bridgehead atoms. The van der Waals surface area contributed by atoms with E-state index in [1.807, 2.05) is 6.07 Å². The van der Waals surface area contributed by atoms with E-state index in [1.54, 1.807) is 12.1 Å². The number of phenolic OH excluding ortho intramolecular Hbond substituents is 1. The second-order valence-electron chi connectivity index (χ2n) is 3.75. The van der Waals surface area contributed by atoms with Crippen LogP contribution in [0.5, 0.6) is 5.75 Å². The number of fused-ring (bicyclic) bond motifs is 1. The van der Waals surface area contributed by atoms with Crippen molar-refractivity contribution in [3.05, 3.63) is 23.8 Å². The second-order valence-corrected chi connectivity index (χ2v) is 3.75. The summed E-state index contributed by atoms with van der Waals surface area (Å²) in [6.07, 6.45) is 0.701. The normalized spacial score (nSPS) is 17.1. The van der Waals surface area contributed by atoms with Crippen LogP contribution in [0.15, 0.2) is 18.2 Å². The highest BCUT2D eigenvalue weighted by molar-refractivity contribution is 5.85. The number of carboxylic acid groups (broad SMARTS) is 1. The molecule has 0 radical (unpaired) electrons. The van der Waals surface area contributed by atoms with Crippen molar-refractivity contribution in [2.75, 3.05) is 11.9 Å². The van der Waals surface area contributed by atoms with E-state index in [2.05, 4.69) is 5.32 Å². The van der Waals surface area contributed by atoms with Gasteiger partial charge in [-0.15, -0.1) is 12.4 Å². The lowest BCUT2D eigenvalue weighted by molar-refractivity contribution is -0.137. The van der Waals surface area contributed by atoms with Gasteiger partial charge in [-0.3, -0.25) is 4.79 Å². The molecule has 3 N–H and O–H groups in total. The Morgan fingerprint density at radius 2 is 2.25 bits per heavy atom. The number of nitrogens with one attached hydrogen (secondary N) is 1. The van der Waals surface area contributed by atoms with Crippen LogP contribution in [-0.2, 0) is 4.79 Å². The molecule has 16 heavy (non-hydrogen) atoms. The predicted octanol–water partition coefficient (Wildman–Crippen LogP) is 2.19. The largest absolute Gasteiger partial charge is 0.508 e. The van der Waals surface area contributed by atoms with E-state index in [0.717, 1.165) is 11.3 Å². The molecular weight excluding hydrogens is 230 g/mol. The zero-order valence-corrected chi connectivity index (χ0v) is 9.46. The lowest BCUT2D eigenvalue weighted by atomic mass is 9.95. The highest BCUT2D eigenvalue weighted by atomic mass is 35.5. The Kier molecular flexibility index (Phi) is 4.01. The third-order valence-corrected chi connectivity index (χ3v) is 2.74. The van der Waals surface area contributed by atoms with E-state index < -0.39 is 5.97 Å². The molecule has 0 spiro atoms. The Bertz CT molecular complexity index is 395. The highest BCUT2D eigenvalue weighted by Gasteiger charge is 2.25. The van der Waals surface area contributed by atoms with Gasteiger partial charge in [0.25, 0.3) is 0 Å². The molecule has 5 heteroatoms. The van der Waals surface area contributed by atoms with Gasteiger partial charge in [0.2, 0.25) is 0 Å². The smallest absolute Gasteiger partial charge is 0.303 e. The first-order chi connectivity index (χ1) is 7.18.